The summed E-state index contributed by atoms with van der Waals surface area (Å²) < 4.78 is 35.1. The lowest BCUT2D eigenvalue weighted by Crippen LogP contribution is -1.88. The highest BCUT2D eigenvalue weighted by molar-refractivity contribution is 5.33. The van der Waals surface area contributed by atoms with E-state index in [1.165, 1.54) is 26.4 Å². The lowest BCUT2D eigenvalue weighted by Gasteiger charge is -2.02. The Kier molecular flexibility index (Phi) is 5.97. The van der Waals surface area contributed by atoms with Crippen molar-refractivity contribution in [3.05, 3.63) is 59.2 Å². The molecule has 0 saturated carbocycles. The highest BCUT2D eigenvalue weighted by Crippen LogP contribution is 2.19. The van der Waals surface area contributed by atoms with Crippen molar-refractivity contribution in [3.8, 4) is 11.5 Å². The van der Waals surface area contributed by atoms with Gasteiger partial charge in [-0.25, -0.2) is 8.78 Å². The van der Waals surface area contributed by atoms with Crippen LogP contribution in [-0.2, 0) is 0 Å². The minimum atomic E-state index is -0.223. The molecule has 0 amide bonds. The maximum atomic E-state index is 12.7. The predicted octanol–water partition coefficient (Wildman–Crippen LogP) is 4.29. The molecule has 0 unspecified atom stereocenters. The molecule has 0 aliphatic rings. The molecule has 0 bridgehead atoms. The first-order valence-corrected chi connectivity index (χ1v) is 6.09. The average Bonchev–Trinajstić information content (AvgIpc) is 2.45. The second-order valence-electron chi connectivity index (χ2n) is 4.13. The Bertz CT molecular complexity index is 517. The van der Waals surface area contributed by atoms with E-state index < -0.39 is 0 Å². The van der Waals surface area contributed by atoms with Crippen LogP contribution in [0.4, 0.5) is 8.78 Å². The number of hydrogen-bond donors (Lipinski definition) is 0. The SMILES string of the molecule is COc1cccc(F)c1C.COc1cccc(F)c1C. The zero-order chi connectivity index (χ0) is 15.1. The largest absolute Gasteiger partial charge is 0.496 e. The van der Waals surface area contributed by atoms with E-state index in [1.54, 1.807) is 38.1 Å². The lowest BCUT2D eigenvalue weighted by atomic mass is 10.2. The summed E-state index contributed by atoms with van der Waals surface area (Å²) in [5.74, 6) is 0.749. The zero-order valence-corrected chi connectivity index (χ0v) is 12.0. The number of rotatable bonds is 2. The van der Waals surface area contributed by atoms with Gasteiger partial charge in [-0.15, -0.1) is 0 Å². The van der Waals surface area contributed by atoms with Crippen LogP contribution in [0.1, 0.15) is 11.1 Å². The molecule has 2 aromatic rings. The minimum Gasteiger partial charge on any atom is -0.496 e. The van der Waals surface area contributed by atoms with Crippen LogP contribution in [0.15, 0.2) is 36.4 Å². The Balaban J connectivity index is 0.000000200. The molecule has 0 aliphatic heterocycles. The summed E-state index contributed by atoms with van der Waals surface area (Å²) in [7, 11) is 3.06. The van der Waals surface area contributed by atoms with Crippen molar-refractivity contribution in [2.24, 2.45) is 0 Å². The first kappa shape index (κ1) is 16.0. The summed E-state index contributed by atoms with van der Waals surface area (Å²) >= 11 is 0. The van der Waals surface area contributed by atoms with Gasteiger partial charge in [-0.05, 0) is 38.1 Å². The van der Waals surface area contributed by atoms with Gasteiger partial charge in [-0.2, -0.15) is 0 Å². The van der Waals surface area contributed by atoms with Crippen molar-refractivity contribution in [1.29, 1.82) is 0 Å². The number of benzene rings is 2. The molecule has 0 radical (unpaired) electrons. The van der Waals surface area contributed by atoms with Crippen LogP contribution in [0.25, 0.3) is 0 Å². The Morgan fingerprint density at radius 3 is 1.30 bits per heavy atom. The van der Waals surface area contributed by atoms with Crippen LogP contribution >= 0.6 is 0 Å². The van der Waals surface area contributed by atoms with Gasteiger partial charge in [0.15, 0.2) is 0 Å². The first-order chi connectivity index (χ1) is 9.51. The van der Waals surface area contributed by atoms with E-state index in [0.717, 1.165) is 0 Å². The van der Waals surface area contributed by atoms with Gasteiger partial charge < -0.3 is 9.47 Å². The smallest absolute Gasteiger partial charge is 0.129 e. The van der Waals surface area contributed by atoms with E-state index in [-0.39, 0.29) is 11.6 Å². The molecule has 0 aromatic heterocycles. The normalized spacial score (nSPS) is 9.50. The Morgan fingerprint density at radius 1 is 0.700 bits per heavy atom. The molecule has 108 valence electrons. The number of ether oxygens (including phenoxy) is 2. The van der Waals surface area contributed by atoms with Crippen molar-refractivity contribution in [2.75, 3.05) is 14.2 Å². The molecule has 4 heteroatoms. The topological polar surface area (TPSA) is 18.5 Å². The Hall–Kier alpha value is -2.10. The van der Waals surface area contributed by atoms with Crippen molar-refractivity contribution < 1.29 is 18.3 Å². The first-order valence-electron chi connectivity index (χ1n) is 6.09. The predicted molar refractivity (Wildman–Crippen MR) is 75.4 cm³/mol. The van der Waals surface area contributed by atoms with Gasteiger partial charge in [0.25, 0.3) is 0 Å². The minimum absolute atomic E-state index is 0.223. The maximum Gasteiger partial charge on any atom is 0.129 e. The van der Waals surface area contributed by atoms with Crippen molar-refractivity contribution in [3.63, 3.8) is 0 Å². The second kappa shape index (κ2) is 7.48. The number of hydrogen-bond acceptors (Lipinski definition) is 2. The van der Waals surface area contributed by atoms with E-state index in [4.69, 9.17) is 9.47 Å². The molecular weight excluding hydrogens is 262 g/mol. The lowest BCUT2D eigenvalue weighted by molar-refractivity contribution is 0.407. The molecule has 20 heavy (non-hydrogen) atoms. The molecule has 0 N–H and O–H groups in total. The molecule has 2 rings (SSSR count). The standard InChI is InChI=1S/2C8H9FO/c2*1-6-7(9)4-3-5-8(6)10-2/h2*3-5H,1-2H3. The zero-order valence-electron chi connectivity index (χ0n) is 12.0. The Labute approximate surface area is 118 Å². The second-order valence-corrected chi connectivity index (χ2v) is 4.13. The van der Waals surface area contributed by atoms with Crippen molar-refractivity contribution in [2.45, 2.75) is 13.8 Å². The van der Waals surface area contributed by atoms with Gasteiger partial charge in [0.2, 0.25) is 0 Å². The molecular formula is C16H18F2O2. The van der Waals surface area contributed by atoms with Crippen LogP contribution in [0.5, 0.6) is 11.5 Å². The van der Waals surface area contributed by atoms with E-state index in [1.807, 2.05) is 0 Å². The average molecular weight is 280 g/mol. The Morgan fingerprint density at radius 2 is 1.05 bits per heavy atom. The molecule has 2 aromatic carbocycles. The van der Waals surface area contributed by atoms with E-state index in [9.17, 15) is 8.78 Å². The fourth-order valence-corrected chi connectivity index (χ4v) is 1.62. The summed E-state index contributed by atoms with van der Waals surface area (Å²) in [6.07, 6.45) is 0. The highest BCUT2D eigenvalue weighted by Gasteiger charge is 2.01. The third kappa shape index (κ3) is 3.95. The van der Waals surface area contributed by atoms with Crippen LogP contribution in [0, 0.1) is 25.5 Å². The number of methoxy groups -OCH3 is 2. The maximum absolute atomic E-state index is 12.7. The molecule has 0 spiro atoms. The molecule has 0 aliphatic carbocycles. The summed E-state index contributed by atoms with van der Waals surface area (Å²) in [5, 5.41) is 0. The van der Waals surface area contributed by atoms with Crippen LogP contribution < -0.4 is 9.47 Å². The van der Waals surface area contributed by atoms with E-state index in [0.29, 0.717) is 22.6 Å². The summed E-state index contributed by atoms with van der Waals surface area (Å²) in [4.78, 5) is 0. The fraction of sp³-hybridized carbons (Fsp3) is 0.250. The molecule has 0 saturated heterocycles. The fourth-order valence-electron chi connectivity index (χ4n) is 1.62. The quantitative estimate of drug-likeness (QED) is 0.817. The van der Waals surface area contributed by atoms with E-state index >= 15 is 0 Å². The third-order valence-electron chi connectivity index (χ3n) is 2.88. The van der Waals surface area contributed by atoms with Crippen molar-refractivity contribution >= 4 is 0 Å². The molecule has 0 atom stereocenters. The van der Waals surface area contributed by atoms with Gasteiger partial charge in [-0.3, -0.25) is 0 Å². The van der Waals surface area contributed by atoms with Gasteiger partial charge in [-0.1, -0.05) is 12.1 Å². The summed E-state index contributed by atoms with van der Waals surface area (Å²) in [6.45, 7) is 3.38. The highest BCUT2D eigenvalue weighted by atomic mass is 19.1. The number of halogens is 2. The van der Waals surface area contributed by atoms with Gasteiger partial charge in [0, 0.05) is 11.1 Å². The van der Waals surface area contributed by atoms with Crippen LogP contribution in [0.3, 0.4) is 0 Å². The molecule has 2 nitrogen and oxygen atoms in total. The monoisotopic (exact) mass is 280 g/mol. The molecule has 0 heterocycles. The van der Waals surface area contributed by atoms with Gasteiger partial charge in [0.1, 0.15) is 23.1 Å². The summed E-state index contributed by atoms with van der Waals surface area (Å²) in [5.41, 5.74) is 1.12. The van der Waals surface area contributed by atoms with Crippen LogP contribution in [0.2, 0.25) is 0 Å². The van der Waals surface area contributed by atoms with Crippen LogP contribution in [-0.4, -0.2) is 14.2 Å². The van der Waals surface area contributed by atoms with Gasteiger partial charge in [0.05, 0.1) is 14.2 Å². The summed E-state index contributed by atoms with van der Waals surface area (Å²) in [6, 6.07) is 9.55. The van der Waals surface area contributed by atoms with Gasteiger partial charge >= 0.3 is 0 Å². The van der Waals surface area contributed by atoms with E-state index in [2.05, 4.69) is 0 Å². The third-order valence-corrected chi connectivity index (χ3v) is 2.88. The molecule has 0 fully saturated rings. The van der Waals surface area contributed by atoms with Crippen molar-refractivity contribution in [1.82, 2.24) is 0 Å².